The standard InChI is InChI=1S/C26H27F4N5O6S/c1-26(2,3)41-25(36)34-33-22(35(4)10-11-42(5,37)38)17-14-31-24(40-21-9-7-16(28)13-19(21)30)32-23(17)39-20-8-6-15(27)12-18(20)29/h6-9,12-14H,10-11H2,1-5H3,(H,34,36). The van der Waals surface area contributed by atoms with Gasteiger partial charge in [0.2, 0.25) is 5.88 Å². The van der Waals surface area contributed by atoms with E-state index in [-0.39, 0.29) is 23.7 Å². The first-order chi connectivity index (χ1) is 19.5. The minimum absolute atomic E-state index is 0.127. The molecular formula is C26H27F4N5O6S. The summed E-state index contributed by atoms with van der Waals surface area (Å²) < 4.78 is 95.3. The van der Waals surface area contributed by atoms with Crippen LogP contribution in [0, 0.1) is 23.3 Å². The lowest BCUT2D eigenvalue weighted by molar-refractivity contribution is 0.0528. The van der Waals surface area contributed by atoms with E-state index in [1.165, 1.54) is 11.9 Å². The molecule has 0 radical (unpaired) electrons. The predicted octanol–water partition coefficient (Wildman–Crippen LogP) is 4.78. The quantitative estimate of drug-likeness (QED) is 0.157. The molecule has 0 saturated carbocycles. The average molecular weight is 614 g/mol. The highest BCUT2D eigenvalue weighted by Gasteiger charge is 2.24. The van der Waals surface area contributed by atoms with Crippen molar-refractivity contribution in [3.63, 3.8) is 0 Å². The maximum atomic E-state index is 14.5. The van der Waals surface area contributed by atoms with Gasteiger partial charge in [0.15, 0.2) is 29.0 Å². The fraction of sp³-hybridized carbons (Fsp3) is 0.308. The summed E-state index contributed by atoms with van der Waals surface area (Å²) in [5.74, 6) is -5.83. The molecule has 0 aliphatic carbocycles. The number of nitrogens with zero attached hydrogens (tertiary/aromatic N) is 4. The molecule has 0 unspecified atom stereocenters. The van der Waals surface area contributed by atoms with Gasteiger partial charge in [-0.25, -0.2) is 41.2 Å². The zero-order valence-corrected chi connectivity index (χ0v) is 23.9. The van der Waals surface area contributed by atoms with Gasteiger partial charge >= 0.3 is 12.1 Å². The van der Waals surface area contributed by atoms with Gasteiger partial charge in [-0.3, -0.25) is 0 Å². The molecule has 226 valence electrons. The second kappa shape index (κ2) is 13.0. The summed E-state index contributed by atoms with van der Waals surface area (Å²) in [5, 5.41) is 4.02. The molecule has 3 aromatic rings. The van der Waals surface area contributed by atoms with Crippen molar-refractivity contribution in [3.8, 4) is 23.4 Å². The van der Waals surface area contributed by atoms with E-state index in [2.05, 4.69) is 20.5 Å². The summed E-state index contributed by atoms with van der Waals surface area (Å²) >= 11 is 0. The number of halogens is 4. The molecule has 2 aromatic carbocycles. The van der Waals surface area contributed by atoms with Crippen LogP contribution in [-0.4, -0.2) is 66.4 Å². The molecule has 3 rings (SSSR count). The number of amidine groups is 1. The minimum Gasteiger partial charge on any atom is -0.443 e. The van der Waals surface area contributed by atoms with E-state index in [1.807, 2.05) is 0 Å². The van der Waals surface area contributed by atoms with Crippen LogP contribution in [0.25, 0.3) is 0 Å². The van der Waals surface area contributed by atoms with E-state index < -0.39 is 68.2 Å². The third kappa shape index (κ3) is 9.57. The fourth-order valence-corrected chi connectivity index (χ4v) is 3.71. The molecule has 1 amide bonds. The van der Waals surface area contributed by atoms with Crippen LogP contribution in [0.5, 0.6) is 23.4 Å². The Morgan fingerprint density at radius 2 is 1.57 bits per heavy atom. The Balaban J connectivity index is 2.11. The van der Waals surface area contributed by atoms with E-state index in [0.717, 1.165) is 36.7 Å². The lowest BCUT2D eigenvalue weighted by atomic mass is 10.2. The minimum atomic E-state index is -3.45. The summed E-state index contributed by atoms with van der Waals surface area (Å²) in [5.41, 5.74) is 1.17. The van der Waals surface area contributed by atoms with E-state index >= 15 is 0 Å². The number of rotatable bonds is 9. The molecule has 0 aliphatic heterocycles. The van der Waals surface area contributed by atoms with Crippen molar-refractivity contribution >= 4 is 21.8 Å². The summed E-state index contributed by atoms with van der Waals surface area (Å²) in [4.78, 5) is 21.6. The van der Waals surface area contributed by atoms with Crippen LogP contribution >= 0.6 is 0 Å². The molecule has 42 heavy (non-hydrogen) atoms. The monoisotopic (exact) mass is 613 g/mol. The average Bonchev–Trinajstić information content (AvgIpc) is 2.85. The van der Waals surface area contributed by atoms with Gasteiger partial charge < -0.3 is 19.1 Å². The summed E-state index contributed by atoms with van der Waals surface area (Å²) in [6, 6.07) is 4.40. The van der Waals surface area contributed by atoms with Gasteiger partial charge in [-0.2, -0.15) is 10.1 Å². The predicted molar refractivity (Wildman–Crippen MR) is 143 cm³/mol. The summed E-state index contributed by atoms with van der Waals surface area (Å²) in [7, 11) is -2.01. The first-order valence-electron chi connectivity index (χ1n) is 12.1. The maximum absolute atomic E-state index is 14.5. The molecule has 0 bridgehead atoms. The van der Waals surface area contributed by atoms with Gasteiger partial charge in [0, 0.05) is 38.2 Å². The smallest absolute Gasteiger partial charge is 0.428 e. The highest BCUT2D eigenvalue weighted by atomic mass is 32.2. The highest BCUT2D eigenvalue weighted by Crippen LogP contribution is 2.30. The van der Waals surface area contributed by atoms with E-state index in [4.69, 9.17) is 14.2 Å². The first kappa shape index (κ1) is 32.0. The Morgan fingerprint density at radius 3 is 2.10 bits per heavy atom. The number of nitrogens with one attached hydrogen (secondary N) is 1. The molecule has 0 fully saturated rings. The second-order valence-corrected chi connectivity index (χ2v) is 12.1. The van der Waals surface area contributed by atoms with Crippen molar-refractivity contribution in [1.29, 1.82) is 0 Å². The molecule has 1 heterocycles. The molecular weight excluding hydrogens is 586 g/mol. The zero-order valence-electron chi connectivity index (χ0n) is 23.1. The number of hydrogen-bond donors (Lipinski definition) is 1. The SMILES string of the molecule is CN(CCS(C)(=O)=O)C(=NNC(=O)OC(C)(C)C)c1cnc(Oc2ccc(F)cc2F)nc1Oc1ccc(F)cc1F. The number of hydrazone groups is 1. The Bertz CT molecular complexity index is 1600. The van der Waals surface area contributed by atoms with Crippen LogP contribution in [0.15, 0.2) is 47.7 Å². The van der Waals surface area contributed by atoms with Crippen LogP contribution in [0.3, 0.4) is 0 Å². The van der Waals surface area contributed by atoms with Crippen molar-refractivity contribution in [3.05, 3.63) is 71.4 Å². The molecule has 0 atom stereocenters. The maximum Gasteiger partial charge on any atom is 0.428 e. The summed E-state index contributed by atoms with van der Waals surface area (Å²) in [6.45, 7) is 4.72. The molecule has 1 N–H and O–H groups in total. The van der Waals surface area contributed by atoms with E-state index in [9.17, 15) is 30.8 Å². The molecule has 0 spiro atoms. The zero-order chi connectivity index (χ0) is 31.2. The van der Waals surface area contributed by atoms with Gasteiger partial charge in [-0.15, -0.1) is 0 Å². The van der Waals surface area contributed by atoms with Crippen molar-refractivity contribution in [2.75, 3.05) is 25.6 Å². The van der Waals surface area contributed by atoms with E-state index in [1.54, 1.807) is 20.8 Å². The van der Waals surface area contributed by atoms with Gasteiger partial charge in [0.1, 0.15) is 32.6 Å². The largest absolute Gasteiger partial charge is 0.443 e. The Kier molecular flexibility index (Phi) is 9.93. The van der Waals surface area contributed by atoms with Gasteiger partial charge in [0.05, 0.1) is 5.75 Å². The van der Waals surface area contributed by atoms with Crippen LogP contribution in [0.2, 0.25) is 0 Å². The first-order valence-corrected chi connectivity index (χ1v) is 14.2. The van der Waals surface area contributed by atoms with Crippen molar-refractivity contribution in [1.82, 2.24) is 20.3 Å². The van der Waals surface area contributed by atoms with Crippen molar-refractivity contribution in [2.45, 2.75) is 26.4 Å². The Labute approximate surface area is 239 Å². The lowest BCUT2D eigenvalue weighted by Crippen LogP contribution is -2.36. The number of carbonyl (C=O) groups excluding carboxylic acids is 1. The van der Waals surface area contributed by atoms with Crippen molar-refractivity contribution in [2.24, 2.45) is 5.10 Å². The molecule has 11 nitrogen and oxygen atoms in total. The fourth-order valence-electron chi connectivity index (χ4n) is 3.11. The van der Waals surface area contributed by atoms with Gasteiger partial charge in [0.25, 0.3) is 0 Å². The van der Waals surface area contributed by atoms with Crippen molar-refractivity contribution < 1.29 is 45.0 Å². The third-order valence-corrected chi connectivity index (χ3v) is 5.90. The van der Waals surface area contributed by atoms with Crippen LogP contribution in [0.1, 0.15) is 26.3 Å². The van der Waals surface area contributed by atoms with Crippen LogP contribution in [-0.2, 0) is 14.6 Å². The summed E-state index contributed by atoms with van der Waals surface area (Å²) in [6.07, 6.45) is 1.12. The lowest BCUT2D eigenvalue weighted by Gasteiger charge is -2.23. The second-order valence-electron chi connectivity index (χ2n) is 9.83. The Morgan fingerprint density at radius 1 is 1.00 bits per heavy atom. The van der Waals surface area contributed by atoms with E-state index in [0.29, 0.717) is 12.1 Å². The number of carbonyl (C=O) groups is 1. The third-order valence-electron chi connectivity index (χ3n) is 4.98. The number of benzene rings is 2. The highest BCUT2D eigenvalue weighted by molar-refractivity contribution is 7.90. The number of amides is 1. The number of aromatic nitrogens is 2. The van der Waals surface area contributed by atoms with Gasteiger partial charge in [-0.1, -0.05) is 0 Å². The number of sulfone groups is 1. The molecule has 16 heteroatoms. The molecule has 0 saturated heterocycles. The molecule has 1 aromatic heterocycles. The van der Waals surface area contributed by atoms with Crippen LogP contribution < -0.4 is 14.9 Å². The van der Waals surface area contributed by atoms with Crippen LogP contribution in [0.4, 0.5) is 22.4 Å². The normalized spacial score (nSPS) is 12.1. The Hall–Kier alpha value is -4.47. The number of ether oxygens (including phenoxy) is 3. The topological polar surface area (TPSA) is 132 Å². The number of hydrogen-bond acceptors (Lipinski definition) is 9. The molecule has 0 aliphatic rings. The van der Waals surface area contributed by atoms with Gasteiger partial charge in [-0.05, 0) is 45.0 Å².